The molecule has 76 valence electrons. The van der Waals surface area contributed by atoms with Crippen LogP contribution in [0.25, 0.3) is 0 Å². The van der Waals surface area contributed by atoms with Gasteiger partial charge in [-0.25, -0.2) is 0 Å². The van der Waals surface area contributed by atoms with Crippen molar-refractivity contribution in [3.8, 4) is 0 Å². The normalized spacial score (nSPS) is 11.1. The Balaban J connectivity index is 3.67. The van der Waals surface area contributed by atoms with Crippen LogP contribution < -0.4 is 0 Å². The first-order chi connectivity index (χ1) is 5.88. The molecule has 13 heavy (non-hydrogen) atoms. The zero-order chi connectivity index (χ0) is 10.5. The Morgan fingerprint density at radius 3 is 2.08 bits per heavy atom. The van der Waals surface area contributed by atoms with Crippen LogP contribution in [0.2, 0.25) is 19.6 Å². The Morgan fingerprint density at radius 1 is 1.15 bits per heavy atom. The van der Waals surface area contributed by atoms with Crippen LogP contribution in [0, 0.1) is 0 Å². The number of hydrogen-bond acceptors (Lipinski definition) is 3. The first kappa shape index (κ1) is 12.4. The number of rotatable bonds is 5. The summed E-state index contributed by atoms with van der Waals surface area (Å²) >= 11 is 0. The van der Waals surface area contributed by atoms with Crippen molar-refractivity contribution in [2.24, 2.45) is 0 Å². The topological polar surface area (TPSA) is 43.4 Å². The second-order valence-electron chi connectivity index (χ2n) is 4.10. The summed E-state index contributed by atoms with van der Waals surface area (Å²) in [5, 5.41) is 0.330. The monoisotopic (exact) mass is 202 g/mol. The fourth-order valence-corrected chi connectivity index (χ4v) is 1.80. The molecular formula is C9H18O3Si. The summed E-state index contributed by atoms with van der Waals surface area (Å²) < 4.78 is 4.48. The van der Waals surface area contributed by atoms with Crippen molar-refractivity contribution in [3.05, 3.63) is 0 Å². The zero-order valence-corrected chi connectivity index (χ0v) is 9.85. The van der Waals surface area contributed by atoms with Crippen LogP contribution in [0.15, 0.2) is 0 Å². The summed E-state index contributed by atoms with van der Waals surface area (Å²) in [7, 11) is -0.270. The molecule has 0 aliphatic heterocycles. The van der Waals surface area contributed by atoms with Crippen LogP contribution in [0.4, 0.5) is 0 Å². The molecule has 3 nitrogen and oxygen atoms in total. The van der Waals surface area contributed by atoms with E-state index in [0.717, 1.165) is 0 Å². The minimum atomic E-state index is -1.63. The number of ether oxygens (including phenoxy) is 1. The van der Waals surface area contributed by atoms with Gasteiger partial charge in [0.2, 0.25) is 0 Å². The van der Waals surface area contributed by atoms with E-state index in [2.05, 4.69) is 4.74 Å². The number of esters is 1. The van der Waals surface area contributed by atoms with E-state index in [1.807, 2.05) is 19.6 Å². The third-order valence-electron chi connectivity index (χ3n) is 1.85. The van der Waals surface area contributed by atoms with Crippen molar-refractivity contribution in [1.29, 1.82) is 0 Å². The lowest BCUT2D eigenvalue weighted by molar-refractivity contribution is -0.140. The molecular weight excluding hydrogens is 184 g/mol. The smallest absolute Gasteiger partial charge is 0.305 e. The van der Waals surface area contributed by atoms with Crippen molar-refractivity contribution < 1.29 is 14.3 Å². The van der Waals surface area contributed by atoms with Crippen LogP contribution in [-0.4, -0.2) is 26.6 Å². The second-order valence-corrected chi connectivity index (χ2v) is 9.16. The molecule has 0 aromatic heterocycles. The van der Waals surface area contributed by atoms with Crippen LogP contribution in [-0.2, 0) is 14.3 Å². The molecule has 0 heterocycles. The lowest BCUT2D eigenvalue weighted by Crippen LogP contribution is -2.33. The molecule has 0 atom stereocenters. The van der Waals surface area contributed by atoms with Crippen molar-refractivity contribution in [2.75, 3.05) is 7.11 Å². The Morgan fingerprint density at radius 2 is 1.69 bits per heavy atom. The zero-order valence-electron chi connectivity index (χ0n) is 8.85. The first-order valence-corrected chi connectivity index (χ1v) is 7.98. The van der Waals surface area contributed by atoms with Gasteiger partial charge in [-0.15, -0.1) is 0 Å². The van der Waals surface area contributed by atoms with Gasteiger partial charge in [0.25, 0.3) is 0 Å². The molecule has 0 bridgehead atoms. The van der Waals surface area contributed by atoms with Gasteiger partial charge in [-0.3, -0.25) is 4.79 Å². The van der Waals surface area contributed by atoms with Crippen LogP contribution in [0.5, 0.6) is 0 Å². The molecule has 0 saturated heterocycles. The fraction of sp³-hybridized carbons (Fsp3) is 0.778. The van der Waals surface area contributed by atoms with Gasteiger partial charge in [-0.2, -0.15) is 0 Å². The summed E-state index contributed by atoms with van der Waals surface area (Å²) in [5.74, 6) is -0.233. The number of carbonyl (C=O) groups excluding carboxylic acids is 2. The number of carbonyl (C=O) groups is 2. The van der Waals surface area contributed by atoms with Gasteiger partial charge in [0.1, 0.15) is 13.5 Å². The summed E-state index contributed by atoms with van der Waals surface area (Å²) in [6.07, 6.45) is 1.49. The van der Waals surface area contributed by atoms with Crippen LogP contribution in [0.1, 0.15) is 19.3 Å². The van der Waals surface area contributed by atoms with Crippen molar-refractivity contribution in [2.45, 2.75) is 38.9 Å². The van der Waals surface area contributed by atoms with E-state index >= 15 is 0 Å². The molecule has 0 amide bonds. The Labute approximate surface area is 80.5 Å². The maximum absolute atomic E-state index is 11.4. The van der Waals surface area contributed by atoms with E-state index in [4.69, 9.17) is 0 Å². The average Bonchev–Trinajstić information content (AvgIpc) is 2.02. The highest BCUT2D eigenvalue weighted by Crippen LogP contribution is 2.08. The van der Waals surface area contributed by atoms with Gasteiger partial charge >= 0.3 is 5.97 Å². The van der Waals surface area contributed by atoms with E-state index in [1.165, 1.54) is 7.11 Å². The lowest BCUT2D eigenvalue weighted by Gasteiger charge is -2.13. The van der Waals surface area contributed by atoms with Crippen LogP contribution >= 0.6 is 0 Å². The van der Waals surface area contributed by atoms with Gasteiger partial charge in [0.05, 0.1) is 7.11 Å². The fourth-order valence-electron chi connectivity index (χ4n) is 0.870. The van der Waals surface area contributed by atoms with E-state index < -0.39 is 8.07 Å². The summed E-state index contributed by atoms with van der Waals surface area (Å²) in [6.45, 7) is 6.06. The largest absolute Gasteiger partial charge is 0.469 e. The molecule has 0 N–H and O–H groups in total. The minimum absolute atomic E-state index is 0.233. The average molecular weight is 202 g/mol. The summed E-state index contributed by atoms with van der Waals surface area (Å²) in [4.78, 5) is 22.2. The van der Waals surface area contributed by atoms with Crippen molar-refractivity contribution >= 4 is 19.4 Å². The Bertz CT molecular complexity index is 194. The number of hydrogen-bond donors (Lipinski definition) is 0. The Hall–Kier alpha value is -0.643. The lowest BCUT2D eigenvalue weighted by atomic mass is 10.2. The third-order valence-corrected chi connectivity index (χ3v) is 3.77. The van der Waals surface area contributed by atoms with Gasteiger partial charge < -0.3 is 9.53 Å². The third kappa shape index (κ3) is 5.57. The van der Waals surface area contributed by atoms with Crippen LogP contribution in [0.3, 0.4) is 0 Å². The SMILES string of the molecule is COC(=O)CCCC(=O)[Si](C)(C)C. The van der Waals surface area contributed by atoms with Gasteiger partial charge in [0.15, 0.2) is 0 Å². The van der Waals surface area contributed by atoms with Gasteiger partial charge in [-0.1, -0.05) is 19.6 Å². The first-order valence-electron chi connectivity index (χ1n) is 4.48. The molecule has 0 aliphatic rings. The van der Waals surface area contributed by atoms with Gasteiger partial charge in [-0.05, 0) is 6.42 Å². The Kier molecular flexibility index (Phi) is 4.91. The van der Waals surface area contributed by atoms with Crippen molar-refractivity contribution in [1.82, 2.24) is 0 Å². The molecule has 0 saturated carbocycles. The highest BCUT2D eigenvalue weighted by atomic mass is 28.3. The minimum Gasteiger partial charge on any atom is -0.469 e. The second kappa shape index (κ2) is 5.17. The molecule has 4 heteroatoms. The number of methoxy groups -OCH3 is 1. The molecule has 0 aromatic carbocycles. The van der Waals surface area contributed by atoms with Gasteiger partial charge in [0, 0.05) is 12.8 Å². The maximum atomic E-state index is 11.4. The van der Waals surface area contributed by atoms with E-state index in [-0.39, 0.29) is 5.97 Å². The maximum Gasteiger partial charge on any atom is 0.305 e. The quantitative estimate of drug-likeness (QED) is 0.504. The molecule has 0 rings (SSSR count). The predicted octanol–water partition coefficient (Wildman–Crippen LogP) is 1.78. The molecule has 0 aromatic rings. The summed E-state index contributed by atoms with van der Waals surface area (Å²) in [5.41, 5.74) is 0. The van der Waals surface area contributed by atoms with E-state index in [9.17, 15) is 9.59 Å². The molecule has 0 radical (unpaired) electrons. The molecule has 0 fully saturated rings. The predicted molar refractivity (Wildman–Crippen MR) is 54.2 cm³/mol. The molecule has 0 spiro atoms. The highest BCUT2D eigenvalue weighted by molar-refractivity contribution is 7.03. The van der Waals surface area contributed by atoms with E-state index in [1.54, 1.807) is 0 Å². The molecule has 0 aliphatic carbocycles. The van der Waals surface area contributed by atoms with E-state index in [0.29, 0.717) is 24.7 Å². The van der Waals surface area contributed by atoms with Crippen molar-refractivity contribution in [3.63, 3.8) is 0 Å². The summed E-state index contributed by atoms with van der Waals surface area (Å²) in [6, 6.07) is 0. The molecule has 0 unspecified atom stereocenters. The standard InChI is InChI=1S/C9H18O3Si/c1-12-8(10)6-5-7-9(11)13(2,3)4/h5-7H2,1-4H3. The highest BCUT2D eigenvalue weighted by Gasteiger charge is 2.23.